The molecule has 1 aliphatic carbocycles. The number of benzene rings is 1. The van der Waals surface area contributed by atoms with Gasteiger partial charge in [-0.15, -0.1) is 0 Å². The number of carbonyl (C=O) groups is 1. The Morgan fingerprint density at radius 1 is 1.41 bits per heavy atom. The number of hydrogen-bond acceptors (Lipinski definition) is 3. The molecule has 0 aliphatic heterocycles. The summed E-state index contributed by atoms with van der Waals surface area (Å²) >= 11 is 0. The zero-order chi connectivity index (χ0) is 15.6. The molecule has 116 valence electrons. The van der Waals surface area contributed by atoms with E-state index >= 15 is 0 Å². The zero-order valence-corrected chi connectivity index (χ0v) is 12.1. The van der Waals surface area contributed by atoms with E-state index in [1.54, 1.807) is 24.5 Å². The first-order chi connectivity index (χ1) is 10.6. The lowest BCUT2D eigenvalue weighted by molar-refractivity contribution is 0.0449. The van der Waals surface area contributed by atoms with E-state index in [0.717, 1.165) is 12.8 Å². The summed E-state index contributed by atoms with van der Waals surface area (Å²) in [4.78, 5) is 12.1. The van der Waals surface area contributed by atoms with Crippen LogP contribution in [-0.2, 0) is 0 Å². The molecule has 6 heteroatoms. The lowest BCUT2D eigenvalue weighted by atomic mass is 10.0. The summed E-state index contributed by atoms with van der Waals surface area (Å²) in [6, 6.07) is 5.95. The van der Waals surface area contributed by atoms with E-state index in [-0.39, 0.29) is 23.7 Å². The van der Waals surface area contributed by atoms with Crippen LogP contribution in [0.4, 0.5) is 4.39 Å². The van der Waals surface area contributed by atoms with Crippen molar-refractivity contribution in [3.05, 3.63) is 48.0 Å². The first kappa shape index (κ1) is 14.7. The predicted molar refractivity (Wildman–Crippen MR) is 79.3 cm³/mol. The molecule has 2 aromatic rings. The second-order valence-electron chi connectivity index (χ2n) is 5.73. The highest BCUT2D eigenvalue weighted by atomic mass is 19.1. The molecule has 1 aromatic carbocycles. The number of aliphatic hydroxyl groups is 1. The molecule has 0 bridgehead atoms. The normalized spacial score (nSPS) is 16.6. The minimum absolute atomic E-state index is 0.203. The molecule has 1 saturated carbocycles. The van der Waals surface area contributed by atoms with Crippen LogP contribution in [0.3, 0.4) is 0 Å². The molecule has 0 spiro atoms. The van der Waals surface area contributed by atoms with Gasteiger partial charge in [0.1, 0.15) is 11.5 Å². The van der Waals surface area contributed by atoms with E-state index in [2.05, 4.69) is 10.4 Å². The van der Waals surface area contributed by atoms with Gasteiger partial charge in [-0.25, -0.2) is 9.07 Å². The van der Waals surface area contributed by atoms with Gasteiger partial charge in [0.25, 0.3) is 5.91 Å². The average molecular weight is 303 g/mol. The van der Waals surface area contributed by atoms with Crippen LogP contribution >= 0.6 is 0 Å². The molecule has 1 fully saturated rings. The Kier molecular flexibility index (Phi) is 3.94. The fraction of sp³-hybridized carbons (Fsp3) is 0.375. The monoisotopic (exact) mass is 303 g/mol. The van der Waals surface area contributed by atoms with Crippen LogP contribution in [0.5, 0.6) is 0 Å². The van der Waals surface area contributed by atoms with Crippen molar-refractivity contribution < 1.29 is 14.3 Å². The Morgan fingerprint density at radius 3 is 2.82 bits per heavy atom. The maximum Gasteiger partial charge on any atom is 0.251 e. The Hall–Kier alpha value is -2.21. The van der Waals surface area contributed by atoms with Crippen LogP contribution in [0.2, 0.25) is 0 Å². The van der Waals surface area contributed by atoms with Gasteiger partial charge in [0.2, 0.25) is 0 Å². The van der Waals surface area contributed by atoms with E-state index in [4.69, 9.17) is 0 Å². The summed E-state index contributed by atoms with van der Waals surface area (Å²) in [5.41, 5.74) is -0.297. The van der Waals surface area contributed by atoms with Gasteiger partial charge in [-0.05, 0) is 37.1 Å². The smallest absolute Gasteiger partial charge is 0.251 e. The third-order valence-electron chi connectivity index (χ3n) is 4.07. The van der Waals surface area contributed by atoms with Crippen LogP contribution in [-0.4, -0.2) is 32.9 Å². The summed E-state index contributed by atoms with van der Waals surface area (Å²) in [5, 5.41) is 16.9. The average Bonchev–Trinajstić information content (AvgIpc) is 3.17. The van der Waals surface area contributed by atoms with E-state index in [0.29, 0.717) is 12.8 Å². The highest BCUT2D eigenvalue weighted by molar-refractivity contribution is 5.94. The van der Waals surface area contributed by atoms with Crippen LogP contribution < -0.4 is 5.32 Å². The first-order valence-corrected chi connectivity index (χ1v) is 7.38. The van der Waals surface area contributed by atoms with Crippen molar-refractivity contribution in [2.24, 2.45) is 0 Å². The topological polar surface area (TPSA) is 67.2 Å². The molecular formula is C16H18FN3O2. The summed E-state index contributed by atoms with van der Waals surface area (Å²) < 4.78 is 15.5. The third kappa shape index (κ3) is 3.01. The summed E-state index contributed by atoms with van der Waals surface area (Å²) in [6.07, 6.45) is 6.52. The van der Waals surface area contributed by atoms with E-state index in [9.17, 15) is 14.3 Å². The third-order valence-corrected chi connectivity index (χ3v) is 4.07. The van der Waals surface area contributed by atoms with Crippen molar-refractivity contribution in [1.29, 1.82) is 0 Å². The van der Waals surface area contributed by atoms with Gasteiger partial charge in [-0.2, -0.15) is 5.10 Å². The fourth-order valence-electron chi connectivity index (χ4n) is 2.80. The van der Waals surface area contributed by atoms with Gasteiger partial charge < -0.3 is 10.4 Å². The molecule has 5 nitrogen and oxygen atoms in total. The van der Waals surface area contributed by atoms with Crippen molar-refractivity contribution in [3.63, 3.8) is 0 Å². The molecule has 0 atom stereocenters. The van der Waals surface area contributed by atoms with Crippen molar-refractivity contribution in [1.82, 2.24) is 15.1 Å². The van der Waals surface area contributed by atoms with Crippen molar-refractivity contribution in [2.45, 2.75) is 31.3 Å². The number of aromatic nitrogens is 2. The summed E-state index contributed by atoms with van der Waals surface area (Å²) in [5.74, 6) is -0.901. The number of amides is 1. The molecular weight excluding hydrogens is 285 g/mol. The largest absolute Gasteiger partial charge is 0.388 e. The molecule has 22 heavy (non-hydrogen) atoms. The number of nitrogens with one attached hydrogen (secondary N) is 1. The molecule has 0 saturated heterocycles. The Labute approximate surface area is 127 Å². The van der Waals surface area contributed by atoms with Crippen molar-refractivity contribution in [3.8, 4) is 5.69 Å². The van der Waals surface area contributed by atoms with Crippen LogP contribution in [0.1, 0.15) is 36.0 Å². The fourth-order valence-corrected chi connectivity index (χ4v) is 2.80. The maximum absolute atomic E-state index is 14.1. The summed E-state index contributed by atoms with van der Waals surface area (Å²) in [7, 11) is 0. The Bertz CT molecular complexity index is 664. The first-order valence-electron chi connectivity index (χ1n) is 7.38. The van der Waals surface area contributed by atoms with Crippen molar-refractivity contribution in [2.75, 3.05) is 6.54 Å². The molecule has 1 amide bonds. The predicted octanol–water partition coefficient (Wildman–Crippen LogP) is 2.05. The minimum Gasteiger partial charge on any atom is -0.388 e. The maximum atomic E-state index is 14.1. The van der Waals surface area contributed by atoms with Crippen LogP contribution in [0.15, 0.2) is 36.7 Å². The molecule has 1 aliphatic rings. The quantitative estimate of drug-likeness (QED) is 0.908. The second kappa shape index (κ2) is 5.88. The molecule has 1 heterocycles. The molecule has 2 N–H and O–H groups in total. The SMILES string of the molecule is O=C(NCC1(O)CCCC1)c1ccc(-n2cccn2)c(F)c1. The van der Waals surface area contributed by atoms with Gasteiger partial charge in [-0.1, -0.05) is 12.8 Å². The molecule has 0 unspecified atom stereocenters. The van der Waals surface area contributed by atoms with E-state index < -0.39 is 11.4 Å². The standard InChI is InChI=1S/C16H18FN3O2/c17-13-10-12(4-5-14(13)20-9-3-8-19-20)15(21)18-11-16(22)6-1-2-7-16/h3-5,8-10,22H,1-2,6-7,11H2,(H,18,21). The lowest BCUT2D eigenvalue weighted by Crippen LogP contribution is -2.40. The highest BCUT2D eigenvalue weighted by Gasteiger charge is 2.31. The number of halogens is 1. The Balaban J connectivity index is 1.69. The van der Waals surface area contributed by atoms with Gasteiger partial charge in [0, 0.05) is 24.5 Å². The van der Waals surface area contributed by atoms with E-state index in [1.807, 2.05) is 0 Å². The number of rotatable bonds is 4. The number of hydrogen-bond donors (Lipinski definition) is 2. The second-order valence-corrected chi connectivity index (χ2v) is 5.73. The van der Waals surface area contributed by atoms with E-state index in [1.165, 1.54) is 16.8 Å². The number of carbonyl (C=O) groups excluding carboxylic acids is 1. The number of nitrogens with zero attached hydrogens (tertiary/aromatic N) is 2. The summed E-state index contributed by atoms with van der Waals surface area (Å²) in [6.45, 7) is 0.203. The Morgan fingerprint density at radius 2 is 2.18 bits per heavy atom. The van der Waals surface area contributed by atoms with Gasteiger partial charge in [-0.3, -0.25) is 4.79 Å². The van der Waals surface area contributed by atoms with Crippen LogP contribution in [0, 0.1) is 5.82 Å². The molecule has 1 aromatic heterocycles. The lowest BCUT2D eigenvalue weighted by Gasteiger charge is -2.22. The van der Waals surface area contributed by atoms with Crippen LogP contribution in [0.25, 0.3) is 5.69 Å². The highest BCUT2D eigenvalue weighted by Crippen LogP contribution is 2.28. The molecule has 3 rings (SSSR count). The van der Waals surface area contributed by atoms with Gasteiger partial charge >= 0.3 is 0 Å². The molecule has 0 radical (unpaired) electrons. The van der Waals surface area contributed by atoms with Crippen molar-refractivity contribution >= 4 is 5.91 Å². The van der Waals surface area contributed by atoms with Gasteiger partial charge in [0.05, 0.1) is 5.60 Å². The zero-order valence-electron chi connectivity index (χ0n) is 12.1. The minimum atomic E-state index is -0.816. The van der Waals surface area contributed by atoms with Gasteiger partial charge in [0.15, 0.2) is 0 Å².